The van der Waals surface area contributed by atoms with E-state index in [1.54, 1.807) is 13.8 Å². The standard InChI is InChI=1S/C19H20N2O3S/c1-13(21-25(22,23)19-14(2)20-24-15(19)3)16-9-11-18(12-10-16)17-7-5-4-6-8-17/h4-13,21H,1-3H3. The Hall–Kier alpha value is -2.44. The summed E-state index contributed by atoms with van der Waals surface area (Å²) in [5.74, 6) is 0.289. The molecule has 25 heavy (non-hydrogen) atoms. The van der Waals surface area contributed by atoms with E-state index in [0.29, 0.717) is 5.69 Å². The topological polar surface area (TPSA) is 72.2 Å². The van der Waals surface area contributed by atoms with Crippen molar-refractivity contribution in [2.75, 3.05) is 0 Å². The van der Waals surface area contributed by atoms with Crippen molar-refractivity contribution in [3.8, 4) is 11.1 Å². The lowest BCUT2D eigenvalue weighted by atomic mass is 10.0. The molecule has 0 aliphatic heterocycles. The molecule has 0 amide bonds. The molecule has 0 saturated heterocycles. The molecule has 0 fully saturated rings. The number of benzene rings is 2. The van der Waals surface area contributed by atoms with Gasteiger partial charge in [0.15, 0.2) is 5.76 Å². The third-order valence-corrected chi connectivity index (χ3v) is 5.87. The maximum atomic E-state index is 12.6. The van der Waals surface area contributed by atoms with Gasteiger partial charge < -0.3 is 4.52 Å². The Morgan fingerprint density at radius 3 is 2.12 bits per heavy atom. The zero-order chi connectivity index (χ0) is 18.0. The van der Waals surface area contributed by atoms with Crippen LogP contribution < -0.4 is 4.72 Å². The highest BCUT2D eigenvalue weighted by Gasteiger charge is 2.26. The number of aromatic nitrogens is 1. The predicted molar refractivity (Wildman–Crippen MR) is 96.6 cm³/mol. The van der Waals surface area contributed by atoms with E-state index in [0.717, 1.165) is 16.7 Å². The van der Waals surface area contributed by atoms with Crippen molar-refractivity contribution in [2.24, 2.45) is 0 Å². The van der Waals surface area contributed by atoms with Crippen LogP contribution in [0.3, 0.4) is 0 Å². The number of hydrogen-bond acceptors (Lipinski definition) is 4. The average molecular weight is 356 g/mol. The largest absolute Gasteiger partial charge is 0.360 e. The maximum Gasteiger partial charge on any atom is 0.246 e. The predicted octanol–water partition coefficient (Wildman–Crippen LogP) is 4.00. The van der Waals surface area contributed by atoms with E-state index in [1.807, 2.05) is 61.5 Å². The summed E-state index contributed by atoms with van der Waals surface area (Å²) >= 11 is 0. The summed E-state index contributed by atoms with van der Waals surface area (Å²) in [5, 5.41) is 3.71. The molecular weight excluding hydrogens is 336 g/mol. The third-order valence-electron chi connectivity index (χ3n) is 4.09. The SMILES string of the molecule is Cc1noc(C)c1S(=O)(=O)NC(C)c1ccc(-c2ccccc2)cc1. The van der Waals surface area contributed by atoms with Gasteiger partial charge in [0.25, 0.3) is 0 Å². The summed E-state index contributed by atoms with van der Waals surface area (Å²) in [7, 11) is -3.69. The van der Waals surface area contributed by atoms with E-state index in [2.05, 4.69) is 9.88 Å². The van der Waals surface area contributed by atoms with Crippen LogP contribution in [0.5, 0.6) is 0 Å². The van der Waals surface area contributed by atoms with Crippen LogP contribution in [0.1, 0.15) is 30.0 Å². The molecule has 1 N–H and O–H groups in total. The normalized spacial score (nSPS) is 12.9. The van der Waals surface area contributed by atoms with E-state index in [9.17, 15) is 8.42 Å². The molecule has 0 radical (unpaired) electrons. The number of nitrogens with one attached hydrogen (secondary N) is 1. The van der Waals surface area contributed by atoms with Gasteiger partial charge in [-0.15, -0.1) is 0 Å². The summed E-state index contributed by atoms with van der Waals surface area (Å²) in [5.41, 5.74) is 3.45. The first-order valence-corrected chi connectivity index (χ1v) is 9.47. The monoisotopic (exact) mass is 356 g/mol. The number of hydrogen-bond donors (Lipinski definition) is 1. The van der Waals surface area contributed by atoms with Crippen molar-refractivity contribution in [3.05, 3.63) is 71.6 Å². The molecule has 0 spiro atoms. The van der Waals surface area contributed by atoms with Crippen LogP contribution in [-0.4, -0.2) is 13.6 Å². The van der Waals surface area contributed by atoms with Gasteiger partial charge in [0.05, 0.1) is 0 Å². The molecule has 6 heteroatoms. The molecule has 0 aliphatic rings. The van der Waals surface area contributed by atoms with Crippen LogP contribution in [0.15, 0.2) is 64.0 Å². The highest BCUT2D eigenvalue weighted by molar-refractivity contribution is 7.89. The van der Waals surface area contributed by atoms with Crippen LogP contribution in [0.2, 0.25) is 0 Å². The van der Waals surface area contributed by atoms with Crippen molar-refractivity contribution in [1.82, 2.24) is 9.88 Å². The van der Waals surface area contributed by atoms with Crippen LogP contribution >= 0.6 is 0 Å². The molecule has 1 atom stereocenters. The third kappa shape index (κ3) is 3.65. The van der Waals surface area contributed by atoms with E-state index in [4.69, 9.17) is 4.52 Å². The van der Waals surface area contributed by atoms with Crippen molar-refractivity contribution in [1.29, 1.82) is 0 Å². The molecule has 0 aliphatic carbocycles. The zero-order valence-electron chi connectivity index (χ0n) is 14.4. The van der Waals surface area contributed by atoms with Gasteiger partial charge in [-0.25, -0.2) is 13.1 Å². The van der Waals surface area contributed by atoms with Crippen molar-refractivity contribution in [3.63, 3.8) is 0 Å². The van der Waals surface area contributed by atoms with Gasteiger partial charge in [-0.2, -0.15) is 0 Å². The Kier molecular flexibility index (Phi) is 4.74. The van der Waals surface area contributed by atoms with Gasteiger partial charge in [-0.05, 0) is 37.5 Å². The van der Waals surface area contributed by atoms with Gasteiger partial charge in [0.2, 0.25) is 10.0 Å². The van der Waals surface area contributed by atoms with Crippen LogP contribution in [-0.2, 0) is 10.0 Å². The Labute approximate surface area is 147 Å². The molecule has 3 aromatic rings. The number of nitrogens with zero attached hydrogens (tertiary/aromatic N) is 1. The molecular formula is C19H20N2O3S. The summed E-state index contributed by atoms with van der Waals surface area (Å²) in [4.78, 5) is 0.111. The lowest BCUT2D eigenvalue weighted by molar-refractivity contribution is 0.390. The quantitative estimate of drug-likeness (QED) is 0.750. The molecule has 0 saturated carbocycles. The van der Waals surface area contributed by atoms with Gasteiger partial charge in [-0.1, -0.05) is 59.8 Å². The molecule has 0 bridgehead atoms. The molecule has 3 rings (SSSR count). The fourth-order valence-electron chi connectivity index (χ4n) is 2.81. The van der Waals surface area contributed by atoms with Crippen LogP contribution in [0, 0.1) is 13.8 Å². The molecule has 2 aromatic carbocycles. The summed E-state index contributed by atoms with van der Waals surface area (Å²) in [6.45, 7) is 5.02. The van der Waals surface area contributed by atoms with Crippen LogP contribution in [0.4, 0.5) is 0 Å². The summed E-state index contributed by atoms with van der Waals surface area (Å²) < 4.78 is 32.8. The van der Waals surface area contributed by atoms with Crippen molar-refractivity contribution in [2.45, 2.75) is 31.7 Å². The second kappa shape index (κ2) is 6.82. The van der Waals surface area contributed by atoms with Crippen molar-refractivity contribution < 1.29 is 12.9 Å². The van der Waals surface area contributed by atoms with Crippen LogP contribution in [0.25, 0.3) is 11.1 Å². The van der Waals surface area contributed by atoms with E-state index in [-0.39, 0.29) is 16.7 Å². The maximum absolute atomic E-state index is 12.6. The van der Waals surface area contributed by atoms with Crippen molar-refractivity contribution >= 4 is 10.0 Å². The Morgan fingerprint density at radius 2 is 1.56 bits per heavy atom. The van der Waals surface area contributed by atoms with E-state index in [1.165, 1.54) is 0 Å². The lowest BCUT2D eigenvalue weighted by Crippen LogP contribution is -2.27. The Balaban J connectivity index is 1.81. The fourth-order valence-corrected chi connectivity index (χ4v) is 4.37. The number of rotatable bonds is 5. The highest BCUT2D eigenvalue weighted by Crippen LogP contribution is 2.24. The average Bonchev–Trinajstić information content (AvgIpc) is 2.95. The molecule has 1 aromatic heterocycles. The minimum absolute atomic E-state index is 0.111. The lowest BCUT2D eigenvalue weighted by Gasteiger charge is -2.15. The van der Waals surface area contributed by atoms with Gasteiger partial charge in [-0.3, -0.25) is 0 Å². The molecule has 1 unspecified atom stereocenters. The van der Waals surface area contributed by atoms with E-state index < -0.39 is 10.0 Å². The number of sulfonamides is 1. The molecule has 1 heterocycles. The van der Waals surface area contributed by atoms with Gasteiger partial charge in [0.1, 0.15) is 10.6 Å². The Morgan fingerprint density at radius 1 is 0.960 bits per heavy atom. The van der Waals surface area contributed by atoms with Gasteiger partial charge >= 0.3 is 0 Å². The summed E-state index contributed by atoms with van der Waals surface area (Å²) in [6, 6.07) is 17.5. The molecule has 130 valence electrons. The Bertz CT molecular complexity index is 942. The first kappa shape index (κ1) is 17.4. The second-order valence-corrected chi connectivity index (χ2v) is 7.64. The van der Waals surface area contributed by atoms with Gasteiger partial charge in [0, 0.05) is 6.04 Å². The van der Waals surface area contributed by atoms with E-state index >= 15 is 0 Å². The minimum Gasteiger partial charge on any atom is -0.360 e. The second-order valence-electron chi connectivity index (χ2n) is 5.98. The fraction of sp³-hybridized carbons (Fsp3) is 0.211. The first-order valence-electron chi connectivity index (χ1n) is 7.99. The smallest absolute Gasteiger partial charge is 0.246 e. The summed E-state index contributed by atoms with van der Waals surface area (Å²) in [6.07, 6.45) is 0. The number of aryl methyl sites for hydroxylation is 2. The first-order chi connectivity index (χ1) is 11.9. The zero-order valence-corrected chi connectivity index (χ0v) is 15.2. The highest BCUT2D eigenvalue weighted by atomic mass is 32.2. The minimum atomic E-state index is -3.69. The molecule has 5 nitrogen and oxygen atoms in total.